The highest BCUT2D eigenvalue weighted by molar-refractivity contribution is 9.10. The third-order valence-corrected chi connectivity index (χ3v) is 9.69. The van der Waals surface area contributed by atoms with Crippen molar-refractivity contribution in [3.63, 3.8) is 0 Å². The molecule has 0 aliphatic carbocycles. The number of hydrogen-bond acceptors (Lipinski definition) is 4. The van der Waals surface area contributed by atoms with E-state index in [4.69, 9.17) is 23.2 Å². The number of rotatable bonds is 12. The van der Waals surface area contributed by atoms with E-state index in [0.717, 1.165) is 9.87 Å². The molecule has 4 rings (SSSR count). The Bertz CT molecular complexity index is 1670. The second-order valence-electron chi connectivity index (χ2n) is 9.67. The molecule has 7 nitrogen and oxygen atoms in total. The van der Waals surface area contributed by atoms with E-state index in [1.54, 1.807) is 67.6 Å². The van der Waals surface area contributed by atoms with E-state index in [1.807, 2.05) is 30.3 Å². The van der Waals surface area contributed by atoms with Gasteiger partial charge in [-0.25, -0.2) is 8.42 Å². The molecule has 43 heavy (non-hydrogen) atoms. The van der Waals surface area contributed by atoms with Gasteiger partial charge in [-0.15, -0.1) is 0 Å². The van der Waals surface area contributed by atoms with Crippen molar-refractivity contribution in [3.8, 4) is 0 Å². The molecule has 0 spiro atoms. The molecular weight excluding hydrogens is 673 g/mol. The summed E-state index contributed by atoms with van der Waals surface area (Å²) in [6, 6.07) is 28.0. The molecule has 0 saturated heterocycles. The highest BCUT2D eigenvalue weighted by Crippen LogP contribution is 2.28. The minimum absolute atomic E-state index is 0.0118. The molecule has 0 heterocycles. The lowest BCUT2D eigenvalue weighted by Gasteiger charge is -2.34. The summed E-state index contributed by atoms with van der Waals surface area (Å²) in [5.74, 6) is -0.933. The molecule has 0 radical (unpaired) electrons. The third kappa shape index (κ3) is 8.38. The lowest BCUT2D eigenvalue weighted by Crippen LogP contribution is -2.53. The number of carbonyl (C=O) groups excluding carboxylic acids is 2. The first kappa shape index (κ1) is 32.5. The summed E-state index contributed by atoms with van der Waals surface area (Å²) < 4.78 is 29.6. The maximum absolute atomic E-state index is 14.4. The first-order valence-electron chi connectivity index (χ1n) is 13.5. The van der Waals surface area contributed by atoms with Gasteiger partial charge in [0.05, 0.1) is 20.6 Å². The highest BCUT2D eigenvalue weighted by atomic mass is 79.9. The summed E-state index contributed by atoms with van der Waals surface area (Å²) in [5.41, 5.74) is 1.76. The van der Waals surface area contributed by atoms with Crippen LogP contribution in [0.4, 0.5) is 5.69 Å². The molecule has 4 aromatic rings. The van der Waals surface area contributed by atoms with Crippen molar-refractivity contribution >= 4 is 66.7 Å². The van der Waals surface area contributed by atoms with Crippen LogP contribution in [0.1, 0.15) is 18.1 Å². The standard InChI is InChI=1S/C32H30BrCl2N3O4S/c1-2-36-32(40)30(19-23-10-5-3-6-11-23)37(21-24-16-17-28(34)29(35)18-24)31(39)22-38(26-13-9-12-25(33)20-26)43(41,42)27-14-7-4-8-15-27/h3-18,20,30H,2,19,21-22H2,1H3,(H,36,40). The number of likely N-dealkylation sites (N-methyl/N-ethyl adjacent to an activating group) is 1. The minimum atomic E-state index is -4.17. The van der Waals surface area contributed by atoms with Crippen LogP contribution in [0.5, 0.6) is 0 Å². The van der Waals surface area contributed by atoms with Crippen LogP contribution in [0.15, 0.2) is 112 Å². The zero-order valence-corrected chi connectivity index (χ0v) is 27.2. The van der Waals surface area contributed by atoms with E-state index in [2.05, 4.69) is 21.2 Å². The largest absolute Gasteiger partial charge is 0.355 e. The van der Waals surface area contributed by atoms with Crippen LogP contribution in [-0.4, -0.2) is 44.3 Å². The van der Waals surface area contributed by atoms with E-state index in [1.165, 1.54) is 17.0 Å². The molecule has 1 atom stereocenters. The van der Waals surface area contributed by atoms with Crippen molar-refractivity contribution in [3.05, 3.63) is 129 Å². The molecule has 4 aromatic carbocycles. The fourth-order valence-corrected chi connectivity index (χ4v) is 6.70. The van der Waals surface area contributed by atoms with E-state index in [0.29, 0.717) is 32.3 Å². The van der Waals surface area contributed by atoms with Gasteiger partial charge in [0.2, 0.25) is 11.8 Å². The maximum Gasteiger partial charge on any atom is 0.264 e. The summed E-state index contributed by atoms with van der Waals surface area (Å²) in [7, 11) is -4.17. The summed E-state index contributed by atoms with van der Waals surface area (Å²) in [6.45, 7) is 1.58. The summed E-state index contributed by atoms with van der Waals surface area (Å²) >= 11 is 15.9. The summed E-state index contributed by atoms with van der Waals surface area (Å²) in [4.78, 5) is 29.3. The fraction of sp³-hybridized carbons (Fsp3) is 0.188. The highest BCUT2D eigenvalue weighted by Gasteiger charge is 2.34. The zero-order chi connectivity index (χ0) is 31.0. The molecule has 2 amide bonds. The van der Waals surface area contributed by atoms with E-state index in [-0.39, 0.29) is 23.8 Å². The zero-order valence-electron chi connectivity index (χ0n) is 23.3. The number of hydrogen-bond donors (Lipinski definition) is 1. The quantitative estimate of drug-likeness (QED) is 0.178. The number of amides is 2. The molecule has 0 aliphatic heterocycles. The molecule has 0 bridgehead atoms. The van der Waals surface area contributed by atoms with E-state index in [9.17, 15) is 18.0 Å². The molecule has 0 aromatic heterocycles. The number of nitrogens with zero attached hydrogens (tertiary/aromatic N) is 2. The van der Waals surface area contributed by atoms with Crippen molar-refractivity contribution in [2.75, 3.05) is 17.4 Å². The van der Waals surface area contributed by atoms with Crippen molar-refractivity contribution < 1.29 is 18.0 Å². The van der Waals surface area contributed by atoms with Gasteiger partial charge in [0.1, 0.15) is 12.6 Å². The molecule has 1 N–H and O–H groups in total. The molecule has 1 unspecified atom stereocenters. The van der Waals surface area contributed by atoms with Crippen molar-refractivity contribution in [1.82, 2.24) is 10.2 Å². The van der Waals surface area contributed by atoms with Gasteiger partial charge in [-0.3, -0.25) is 13.9 Å². The predicted molar refractivity (Wildman–Crippen MR) is 175 cm³/mol. The van der Waals surface area contributed by atoms with Crippen LogP contribution in [0.25, 0.3) is 0 Å². The Balaban J connectivity index is 1.80. The number of carbonyl (C=O) groups is 2. The molecular formula is C32H30BrCl2N3O4S. The van der Waals surface area contributed by atoms with Gasteiger partial charge < -0.3 is 10.2 Å². The molecule has 0 saturated carbocycles. The second-order valence-corrected chi connectivity index (χ2v) is 13.3. The van der Waals surface area contributed by atoms with Gasteiger partial charge in [0.25, 0.3) is 10.0 Å². The smallest absolute Gasteiger partial charge is 0.264 e. The van der Waals surface area contributed by atoms with Gasteiger partial charge >= 0.3 is 0 Å². The Kier molecular flexibility index (Phi) is 11.3. The summed E-state index contributed by atoms with van der Waals surface area (Å²) in [6.07, 6.45) is 0.210. The van der Waals surface area contributed by atoms with Crippen molar-refractivity contribution in [1.29, 1.82) is 0 Å². The Labute approximate surface area is 270 Å². The number of halogens is 3. The Morgan fingerprint density at radius 2 is 1.51 bits per heavy atom. The van der Waals surface area contributed by atoms with Crippen LogP contribution < -0.4 is 9.62 Å². The molecule has 0 aliphatic rings. The van der Waals surface area contributed by atoms with Gasteiger partial charge in [-0.05, 0) is 60.5 Å². The first-order chi connectivity index (χ1) is 20.6. The lowest BCUT2D eigenvalue weighted by atomic mass is 10.0. The second kappa shape index (κ2) is 14.9. The minimum Gasteiger partial charge on any atom is -0.355 e. The van der Waals surface area contributed by atoms with E-state index >= 15 is 0 Å². The number of nitrogens with one attached hydrogen (secondary N) is 1. The van der Waals surface area contributed by atoms with Crippen molar-refractivity contribution in [2.24, 2.45) is 0 Å². The van der Waals surface area contributed by atoms with E-state index < -0.39 is 28.5 Å². The Morgan fingerprint density at radius 1 is 0.837 bits per heavy atom. The van der Waals surface area contributed by atoms with Crippen LogP contribution in [0.2, 0.25) is 10.0 Å². The van der Waals surface area contributed by atoms with Gasteiger partial charge in [0, 0.05) is 24.0 Å². The van der Waals surface area contributed by atoms with Crippen LogP contribution >= 0.6 is 39.1 Å². The normalized spacial score (nSPS) is 11.9. The number of sulfonamides is 1. The number of anilines is 1. The fourth-order valence-electron chi connectivity index (χ4n) is 4.56. The SMILES string of the molecule is CCNC(=O)C(Cc1ccccc1)N(Cc1ccc(Cl)c(Cl)c1)C(=O)CN(c1cccc(Br)c1)S(=O)(=O)c1ccccc1. The topological polar surface area (TPSA) is 86.8 Å². The molecule has 11 heteroatoms. The Morgan fingerprint density at radius 3 is 2.14 bits per heavy atom. The van der Waals surface area contributed by atoms with Gasteiger partial charge in [0.15, 0.2) is 0 Å². The first-order valence-corrected chi connectivity index (χ1v) is 16.5. The average molecular weight is 703 g/mol. The summed E-state index contributed by atoms with van der Waals surface area (Å²) in [5, 5.41) is 3.49. The van der Waals surface area contributed by atoms with Crippen LogP contribution in [0.3, 0.4) is 0 Å². The van der Waals surface area contributed by atoms with Crippen LogP contribution in [0, 0.1) is 0 Å². The van der Waals surface area contributed by atoms with Gasteiger partial charge in [-0.1, -0.05) is 99.8 Å². The maximum atomic E-state index is 14.4. The molecule has 224 valence electrons. The average Bonchev–Trinajstić information content (AvgIpc) is 3.00. The monoisotopic (exact) mass is 701 g/mol. The van der Waals surface area contributed by atoms with Crippen molar-refractivity contribution in [2.45, 2.75) is 30.8 Å². The molecule has 0 fully saturated rings. The van der Waals surface area contributed by atoms with Gasteiger partial charge in [-0.2, -0.15) is 0 Å². The third-order valence-electron chi connectivity index (χ3n) is 6.67. The van der Waals surface area contributed by atoms with Crippen LogP contribution in [-0.2, 0) is 32.6 Å². The lowest BCUT2D eigenvalue weighted by molar-refractivity contribution is -0.140. The Hall–Kier alpha value is -3.37. The number of benzene rings is 4. The predicted octanol–water partition coefficient (Wildman–Crippen LogP) is 6.73.